The molecule has 0 spiro atoms. The second kappa shape index (κ2) is 6.32. The summed E-state index contributed by atoms with van der Waals surface area (Å²) in [5.41, 5.74) is 0. The van der Waals surface area contributed by atoms with Gasteiger partial charge in [0.25, 0.3) is 5.91 Å². The number of nitrogens with one attached hydrogen (secondary N) is 2. The number of hydrogen-bond donors (Lipinski definition) is 2. The molecular weight excluding hydrogens is 262 g/mol. The molecule has 20 heavy (non-hydrogen) atoms. The first-order chi connectivity index (χ1) is 9.67. The SMILES string of the molecule is CNC(=O)Cn1cnc(NC(=O)/C=C/c2ccco2)n1. The molecule has 104 valence electrons. The zero-order chi connectivity index (χ0) is 14.4. The van der Waals surface area contributed by atoms with Crippen molar-refractivity contribution in [3.05, 3.63) is 36.6 Å². The molecule has 2 rings (SSSR count). The highest BCUT2D eigenvalue weighted by molar-refractivity contribution is 6.00. The van der Waals surface area contributed by atoms with Crippen LogP contribution in [0, 0.1) is 0 Å². The molecule has 0 fully saturated rings. The highest BCUT2D eigenvalue weighted by Gasteiger charge is 2.06. The molecule has 2 aromatic heterocycles. The maximum atomic E-state index is 11.6. The van der Waals surface area contributed by atoms with Gasteiger partial charge in [-0.15, -0.1) is 5.10 Å². The average Bonchev–Trinajstić information content (AvgIpc) is 3.08. The van der Waals surface area contributed by atoms with E-state index in [1.54, 1.807) is 12.1 Å². The van der Waals surface area contributed by atoms with E-state index in [2.05, 4.69) is 20.7 Å². The van der Waals surface area contributed by atoms with Gasteiger partial charge < -0.3 is 9.73 Å². The van der Waals surface area contributed by atoms with E-state index in [1.807, 2.05) is 0 Å². The monoisotopic (exact) mass is 275 g/mol. The molecule has 2 amide bonds. The molecule has 2 heterocycles. The topological polar surface area (TPSA) is 102 Å². The lowest BCUT2D eigenvalue weighted by Gasteiger charge is -1.98. The fraction of sp³-hybridized carbons (Fsp3) is 0.167. The summed E-state index contributed by atoms with van der Waals surface area (Å²) in [6, 6.07) is 3.44. The minimum atomic E-state index is -0.390. The first-order valence-corrected chi connectivity index (χ1v) is 5.80. The van der Waals surface area contributed by atoms with Crippen molar-refractivity contribution < 1.29 is 14.0 Å². The standard InChI is InChI=1S/C12H13N5O3/c1-13-11(19)7-17-8-14-12(16-17)15-10(18)5-4-9-3-2-6-20-9/h2-6,8H,7H2,1H3,(H,13,19)(H,15,16,18)/b5-4+. The highest BCUT2D eigenvalue weighted by Crippen LogP contribution is 2.03. The summed E-state index contributed by atoms with van der Waals surface area (Å²) in [6.45, 7) is 0.0433. The molecule has 0 radical (unpaired) electrons. The maximum Gasteiger partial charge on any atom is 0.250 e. The zero-order valence-electron chi connectivity index (χ0n) is 10.7. The summed E-state index contributed by atoms with van der Waals surface area (Å²) < 4.78 is 6.37. The predicted molar refractivity (Wildman–Crippen MR) is 70.5 cm³/mol. The van der Waals surface area contributed by atoms with Crippen LogP contribution in [0.4, 0.5) is 5.95 Å². The lowest BCUT2D eigenvalue weighted by Crippen LogP contribution is -2.23. The van der Waals surface area contributed by atoms with Gasteiger partial charge in [0, 0.05) is 13.1 Å². The van der Waals surface area contributed by atoms with Crippen LogP contribution in [0.1, 0.15) is 5.76 Å². The van der Waals surface area contributed by atoms with Crippen LogP contribution in [0.5, 0.6) is 0 Å². The summed E-state index contributed by atoms with van der Waals surface area (Å²) in [7, 11) is 1.53. The van der Waals surface area contributed by atoms with E-state index >= 15 is 0 Å². The molecule has 0 aliphatic rings. The van der Waals surface area contributed by atoms with Gasteiger partial charge in [0.2, 0.25) is 11.9 Å². The first kappa shape index (κ1) is 13.5. The van der Waals surface area contributed by atoms with Crippen molar-refractivity contribution in [1.29, 1.82) is 0 Å². The Balaban J connectivity index is 1.90. The fourth-order valence-electron chi connectivity index (χ4n) is 1.35. The van der Waals surface area contributed by atoms with Crippen LogP contribution >= 0.6 is 0 Å². The van der Waals surface area contributed by atoms with Gasteiger partial charge >= 0.3 is 0 Å². The molecule has 0 saturated heterocycles. The van der Waals surface area contributed by atoms with E-state index < -0.39 is 0 Å². The van der Waals surface area contributed by atoms with E-state index in [-0.39, 0.29) is 24.3 Å². The van der Waals surface area contributed by atoms with Crippen molar-refractivity contribution in [2.75, 3.05) is 12.4 Å². The Labute approximate surface area is 114 Å². The minimum absolute atomic E-state index is 0.0433. The van der Waals surface area contributed by atoms with Gasteiger partial charge in [-0.1, -0.05) is 0 Å². The van der Waals surface area contributed by atoms with Crippen LogP contribution in [0.15, 0.2) is 35.2 Å². The van der Waals surface area contributed by atoms with Gasteiger partial charge in [-0.2, -0.15) is 0 Å². The Morgan fingerprint density at radius 3 is 3.05 bits per heavy atom. The van der Waals surface area contributed by atoms with E-state index in [0.29, 0.717) is 5.76 Å². The number of aromatic nitrogens is 3. The molecule has 0 bridgehead atoms. The van der Waals surface area contributed by atoms with Crippen molar-refractivity contribution in [3.8, 4) is 0 Å². The van der Waals surface area contributed by atoms with E-state index in [0.717, 1.165) is 0 Å². The third-order valence-electron chi connectivity index (χ3n) is 2.30. The Bertz CT molecular complexity index is 615. The number of hydrogen-bond acceptors (Lipinski definition) is 5. The third kappa shape index (κ3) is 3.80. The highest BCUT2D eigenvalue weighted by atomic mass is 16.3. The Hall–Kier alpha value is -2.90. The van der Waals surface area contributed by atoms with Gasteiger partial charge in [0.1, 0.15) is 18.6 Å². The molecule has 8 nitrogen and oxygen atoms in total. The summed E-state index contributed by atoms with van der Waals surface area (Å²) in [5.74, 6) is 0.103. The van der Waals surface area contributed by atoms with Crippen LogP contribution in [-0.2, 0) is 16.1 Å². The van der Waals surface area contributed by atoms with Gasteiger partial charge in [0.15, 0.2) is 0 Å². The molecule has 0 atom stereocenters. The quantitative estimate of drug-likeness (QED) is 0.762. The Kier molecular flexibility index (Phi) is 4.28. The summed E-state index contributed by atoms with van der Waals surface area (Å²) >= 11 is 0. The molecule has 8 heteroatoms. The minimum Gasteiger partial charge on any atom is -0.465 e. The lowest BCUT2D eigenvalue weighted by atomic mass is 10.4. The van der Waals surface area contributed by atoms with E-state index in [1.165, 1.54) is 36.5 Å². The number of furan rings is 1. The predicted octanol–water partition coefficient (Wildman–Crippen LogP) is 0.269. The van der Waals surface area contributed by atoms with E-state index in [4.69, 9.17) is 4.42 Å². The third-order valence-corrected chi connectivity index (χ3v) is 2.30. The fourth-order valence-corrected chi connectivity index (χ4v) is 1.35. The summed E-state index contributed by atoms with van der Waals surface area (Å²) in [6.07, 6.45) is 5.70. The molecule has 0 unspecified atom stereocenters. The number of carbonyl (C=O) groups excluding carboxylic acids is 2. The number of amides is 2. The average molecular weight is 275 g/mol. The summed E-state index contributed by atoms with van der Waals surface area (Å²) in [5, 5.41) is 8.88. The molecule has 2 N–H and O–H groups in total. The van der Waals surface area contributed by atoms with Gasteiger partial charge in [-0.05, 0) is 18.2 Å². The Morgan fingerprint density at radius 2 is 2.35 bits per heavy atom. The maximum absolute atomic E-state index is 11.6. The molecule has 0 aliphatic carbocycles. The van der Waals surface area contributed by atoms with Crippen molar-refractivity contribution in [2.24, 2.45) is 0 Å². The number of carbonyl (C=O) groups is 2. The normalized spacial score (nSPS) is 10.7. The smallest absolute Gasteiger partial charge is 0.250 e. The molecule has 0 saturated carbocycles. The van der Waals surface area contributed by atoms with Gasteiger partial charge in [-0.3, -0.25) is 14.9 Å². The zero-order valence-corrected chi connectivity index (χ0v) is 10.7. The summed E-state index contributed by atoms with van der Waals surface area (Å²) in [4.78, 5) is 26.6. The van der Waals surface area contributed by atoms with Crippen LogP contribution < -0.4 is 10.6 Å². The van der Waals surface area contributed by atoms with Crippen LogP contribution in [0.2, 0.25) is 0 Å². The number of rotatable bonds is 5. The lowest BCUT2D eigenvalue weighted by molar-refractivity contribution is -0.121. The number of nitrogens with zero attached hydrogens (tertiary/aromatic N) is 3. The largest absolute Gasteiger partial charge is 0.465 e. The molecular formula is C12H13N5O3. The Morgan fingerprint density at radius 1 is 1.50 bits per heavy atom. The first-order valence-electron chi connectivity index (χ1n) is 5.80. The van der Waals surface area contributed by atoms with Crippen molar-refractivity contribution in [1.82, 2.24) is 20.1 Å². The second-order valence-electron chi connectivity index (χ2n) is 3.78. The van der Waals surface area contributed by atoms with Crippen molar-refractivity contribution in [2.45, 2.75) is 6.54 Å². The second-order valence-corrected chi connectivity index (χ2v) is 3.78. The van der Waals surface area contributed by atoms with E-state index in [9.17, 15) is 9.59 Å². The molecule has 0 aromatic carbocycles. The van der Waals surface area contributed by atoms with Crippen LogP contribution in [0.3, 0.4) is 0 Å². The van der Waals surface area contributed by atoms with Crippen molar-refractivity contribution in [3.63, 3.8) is 0 Å². The van der Waals surface area contributed by atoms with Crippen LogP contribution in [0.25, 0.3) is 6.08 Å². The van der Waals surface area contributed by atoms with Crippen molar-refractivity contribution >= 4 is 23.8 Å². The number of anilines is 1. The van der Waals surface area contributed by atoms with Crippen LogP contribution in [-0.4, -0.2) is 33.6 Å². The molecule has 2 aromatic rings. The van der Waals surface area contributed by atoms with Gasteiger partial charge in [0.05, 0.1) is 6.26 Å². The van der Waals surface area contributed by atoms with Gasteiger partial charge in [-0.25, -0.2) is 9.67 Å². The molecule has 0 aliphatic heterocycles. The number of likely N-dealkylation sites (N-methyl/N-ethyl adjacent to an activating group) is 1.